The summed E-state index contributed by atoms with van der Waals surface area (Å²) in [5, 5.41) is 0. The summed E-state index contributed by atoms with van der Waals surface area (Å²) < 4.78 is 23.2. The predicted molar refractivity (Wildman–Crippen MR) is 76.9 cm³/mol. The van der Waals surface area contributed by atoms with Crippen molar-refractivity contribution in [2.75, 3.05) is 13.1 Å². The first-order valence-corrected chi connectivity index (χ1v) is 9.03. The van der Waals surface area contributed by atoms with Crippen LogP contribution < -0.4 is 0 Å². The zero-order valence-electron chi connectivity index (χ0n) is 10.1. The van der Waals surface area contributed by atoms with Crippen LogP contribution in [0.15, 0.2) is 27.6 Å². The van der Waals surface area contributed by atoms with Gasteiger partial charge in [-0.1, -0.05) is 0 Å². The van der Waals surface area contributed by atoms with E-state index in [0.717, 1.165) is 32.4 Å². The Hall–Kier alpha value is -0.590. The molecule has 1 aromatic rings. The molecule has 7 heteroatoms. The highest BCUT2D eigenvalue weighted by Gasteiger charge is 2.21. The molecule has 1 fully saturated rings. The number of hydrogen-bond donors (Lipinski definition) is 0. The zero-order chi connectivity index (χ0) is 14.0. The Labute approximate surface area is 125 Å². The van der Waals surface area contributed by atoms with Crippen LogP contribution in [-0.2, 0) is 9.05 Å². The van der Waals surface area contributed by atoms with E-state index in [1.165, 1.54) is 12.1 Å². The lowest BCUT2D eigenvalue weighted by Crippen LogP contribution is -2.35. The number of carbonyl (C=O) groups is 1. The second kappa shape index (κ2) is 5.81. The number of likely N-dealkylation sites (tertiary alicyclic amines) is 1. The first-order valence-electron chi connectivity index (χ1n) is 5.93. The molecule has 0 spiro atoms. The smallest absolute Gasteiger partial charge is 0.262 e. The van der Waals surface area contributed by atoms with E-state index in [-0.39, 0.29) is 10.8 Å². The second-order valence-corrected chi connectivity index (χ2v) is 7.82. The van der Waals surface area contributed by atoms with Crippen LogP contribution in [0.25, 0.3) is 0 Å². The minimum absolute atomic E-state index is 0.0722. The van der Waals surface area contributed by atoms with Crippen LogP contribution in [0.3, 0.4) is 0 Å². The Bertz CT molecular complexity index is 597. The minimum atomic E-state index is -3.87. The quantitative estimate of drug-likeness (QED) is 0.756. The molecule has 1 saturated heterocycles. The van der Waals surface area contributed by atoms with Crippen molar-refractivity contribution in [3.8, 4) is 0 Å². The molecular formula is C12H13BrClNO3S. The lowest BCUT2D eigenvalue weighted by Gasteiger charge is -2.26. The zero-order valence-corrected chi connectivity index (χ0v) is 13.3. The molecule has 0 bridgehead atoms. The van der Waals surface area contributed by atoms with Crippen LogP contribution in [-0.4, -0.2) is 32.3 Å². The predicted octanol–water partition coefficient (Wildman–Crippen LogP) is 3.00. The van der Waals surface area contributed by atoms with Crippen molar-refractivity contribution in [3.05, 3.63) is 28.2 Å². The highest BCUT2D eigenvalue weighted by Crippen LogP contribution is 2.27. The third kappa shape index (κ3) is 3.49. The summed E-state index contributed by atoms with van der Waals surface area (Å²) in [5.41, 5.74) is 0.351. The monoisotopic (exact) mass is 365 g/mol. The first-order chi connectivity index (χ1) is 8.89. The van der Waals surface area contributed by atoms with Crippen molar-refractivity contribution in [3.63, 3.8) is 0 Å². The highest BCUT2D eigenvalue weighted by molar-refractivity contribution is 9.10. The normalized spacial score (nSPS) is 16.4. The second-order valence-electron chi connectivity index (χ2n) is 4.44. The summed E-state index contributed by atoms with van der Waals surface area (Å²) in [5.74, 6) is -0.145. The van der Waals surface area contributed by atoms with Gasteiger partial charge in [0.15, 0.2) is 0 Å². The van der Waals surface area contributed by atoms with E-state index in [2.05, 4.69) is 15.9 Å². The van der Waals surface area contributed by atoms with Crippen molar-refractivity contribution in [1.82, 2.24) is 4.90 Å². The molecule has 4 nitrogen and oxygen atoms in total. The molecule has 0 saturated carbocycles. The highest BCUT2D eigenvalue weighted by atomic mass is 79.9. The molecule has 104 valence electrons. The van der Waals surface area contributed by atoms with Crippen LogP contribution in [0.4, 0.5) is 0 Å². The van der Waals surface area contributed by atoms with E-state index in [0.29, 0.717) is 10.0 Å². The SMILES string of the molecule is O=C(c1ccc(Br)c(S(=O)(=O)Cl)c1)N1CCCCC1. The average molecular weight is 367 g/mol. The summed E-state index contributed by atoms with van der Waals surface area (Å²) in [6, 6.07) is 4.46. The van der Waals surface area contributed by atoms with Gasteiger partial charge in [-0.05, 0) is 53.4 Å². The standard InChI is InChI=1S/C12H13BrClNO3S/c13-10-5-4-9(8-11(10)19(14,17)18)12(16)15-6-2-1-3-7-15/h4-5,8H,1-3,6-7H2. The van der Waals surface area contributed by atoms with Gasteiger partial charge in [-0.15, -0.1) is 0 Å². The van der Waals surface area contributed by atoms with E-state index >= 15 is 0 Å². The van der Waals surface area contributed by atoms with Crippen molar-refractivity contribution in [2.24, 2.45) is 0 Å². The number of piperidine rings is 1. The van der Waals surface area contributed by atoms with Gasteiger partial charge in [-0.3, -0.25) is 4.79 Å². The topological polar surface area (TPSA) is 54.5 Å². The first kappa shape index (κ1) is 14.8. The molecule has 0 radical (unpaired) electrons. The van der Waals surface area contributed by atoms with Crippen molar-refractivity contribution in [2.45, 2.75) is 24.2 Å². The van der Waals surface area contributed by atoms with E-state index in [1.807, 2.05) is 0 Å². The van der Waals surface area contributed by atoms with Crippen molar-refractivity contribution >= 4 is 41.6 Å². The largest absolute Gasteiger partial charge is 0.339 e. The fraction of sp³-hybridized carbons (Fsp3) is 0.417. The summed E-state index contributed by atoms with van der Waals surface area (Å²) >= 11 is 3.12. The molecule has 0 atom stereocenters. The molecule has 1 aromatic carbocycles. The van der Waals surface area contributed by atoms with Gasteiger partial charge in [0.05, 0.1) is 4.90 Å². The molecule has 1 aliphatic rings. The molecule has 0 aromatic heterocycles. The van der Waals surface area contributed by atoms with Gasteiger partial charge in [0.2, 0.25) is 0 Å². The molecule has 1 aliphatic heterocycles. The molecule has 0 aliphatic carbocycles. The number of rotatable bonds is 2. The number of hydrogen-bond acceptors (Lipinski definition) is 3. The molecule has 0 N–H and O–H groups in total. The van der Waals surface area contributed by atoms with Crippen LogP contribution in [0.2, 0.25) is 0 Å². The fourth-order valence-electron chi connectivity index (χ4n) is 2.10. The summed E-state index contributed by atoms with van der Waals surface area (Å²) in [4.78, 5) is 13.9. The fourth-order valence-corrected chi connectivity index (χ4v) is 4.22. The number of amides is 1. The Kier molecular flexibility index (Phi) is 4.53. The summed E-state index contributed by atoms with van der Waals surface area (Å²) in [6.07, 6.45) is 3.11. The van der Waals surface area contributed by atoms with Crippen LogP contribution in [0.5, 0.6) is 0 Å². The van der Waals surface area contributed by atoms with Gasteiger partial charge in [0.1, 0.15) is 0 Å². The molecule has 19 heavy (non-hydrogen) atoms. The van der Waals surface area contributed by atoms with Crippen LogP contribution in [0.1, 0.15) is 29.6 Å². The lowest BCUT2D eigenvalue weighted by atomic mass is 10.1. The Morgan fingerprint density at radius 2 is 1.84 bits per heavy atom. The molecule has 0 unspecified atom stereocenters. The number of halogens is 2. The van der Waals surface area contributed by atoms with Gasteiger partial charge in [-0.25, -0.2) is 8.42 Å². The third-order valence-electron chi connectivity index (χ3n) is 3.08. The molecule has 2 rings (SSSR count). The van der Waals surface area contributed by atoms with Gasteiger partial charge < -0.3 is 4.90 Å². The summed E-state index contributed by atoms with van der Waals surface area (Å²) in [6.45, 7) is 1.44. The molecule has 1 amide bonds. The van der Waals surface area contributed by atoms with E-state index in [1.54, 1.807) is 11.0 Å². The van der Waals surface area contributed by atoms with Gasteiger partial charge in [0, 0.05) is 33.8 Å². The third-order valence-corrected chi connectivity index (χ3v) is 5.40. The van der Waals surface area contributed by atoms with E-state index < -0.39 is 9.05 Å². The maximum atomic E-state index is 12.3. The van der Waals surface area contributed by atoms with Gasteiger partial charge in [0.25, 0.3) is 15.0 Å². The average Bonchev–Trinajstić information content (AvgIpc) is 2.38. The number of carbonyl (C=O) groups excluding carboxylic acids is 1. The maximum Gasteiger partial charge on any atom is 0.262 e. The maximum absolute atomic E-state index is 12.3. The Morgan fingerprint density at radius 3 is 2.42 bits per heavy atom. The molecular weight excluding hydrogens is 354 g/mol. The van der Waals surface area contributed by atoms with E-state index in [9.17, 15) is 13.2 Å². The van der Waals surface area contributed by atoms with Crippen molar-refractivity contribution < 1.29 is 13.2 Å². The van der Waals surface area contributed by atoms with Gasteiger partial charge in [-0.2, -0.15) is 0 Å². The van der Waals surface area contributed by atoms with Crippen LogP contribution >= 0.6 is 26.6 Å². The minimum Gasteiger partial charge on any atom is -0.339 e. The van der Waals surface area contributed by atoms with Gasteiger partial charge >= 0.3 is 0 Å². The number of benzene rings is 1. The number of nitrogens with zero attached hydrogens (tertiary/aromatic N) is 1. The van der Waals surface area contributed by atoms with Crippen LogP contribution in [0, 0.1) is 0 Å². The Balaban J connectivity index is 2.33. The molecule has 1 heterocycles. The Morgan fingerprint density at radius 1 is 1.21 bits per heavy atom. The van der Waals surface area contributed by atoms with Crippen molar-refractivity contribution in [1.29, 1.82) is 0 Å². The summed E-state index contributed by atoms with van der Waals surface area (Å²) in [7, 11) is 1.48. The lowest BCUT2D eigenvalue weighted by molar-refractivity contribution is 0.0724. The van der Waals surface area contributed by atoms with E-state index in [4.69, 9.17) is 10.7 Å².